The summed E-state index contributed by atoms with van der Waals surface area (Å²) >= 11 is 5.90. The Bertz CT molecular complexity index is 2050. The number of amides is 1. The summed E-state index contributed by atoms with van der Waals surface area (Å²) in [4.78, 5) is 51.1. The molecular formula is C36H38ClFN4O10. The Hall–Kier alpha value is -4.67. The number of carbonyl (C=O) groups excluding carboxylic acids is 2. The number of esters is 1. The molecule has 0 aliphatic carbocycles. The highest BCUT2D eigenvalue weighted by atomic mass is 35.5. The van der Waals surface area contributed by atoms with Gasteiger partial charge in [0.1, 0.15) is 35.5 Å². The van der Waals surface area contributed by atoms with E-state index in [0.717, 1.165) is 5.56 Å². The van der Waals surface area contributed by atoms with Crippen molar-refractivity contribution in [1.82, 2.24) is 14.9 Å². The fraction of sp³-hybridized carbons (Fsp3) is 0.417. The van der Waals surface area contributed by atoms with Crippen molar-refractivity contribution in [1.29, 1.82) is 0 Å². The zero-order valence-corrected chi connectivity index (χ0v) is 29.7. The van der Waals surface area contributed by atoms with Gasteiger partial charge in [-0.05, 0) is 49.6 Å². The van der Waals surface area contributed by atoms with Gasteiger partial charge in [0, 0.05) is 36.8 Å². The number of aliphatic hydroxyl groups is 3. The highest BCUT2D eigenvalue weighted by molar-refractivity contribution is 6.30. The van der Waals surface area contributed by atoms with Crippen molar-refractivity contribution >= 4 is 46.4 Å². The standard InChI is InChI=1S/C36H38ClFN4O10/c1-35(2,3)18-14-22(17-9-10-19(37)20(38)13-17)39-23-15-24(50-29(18)23)31(46)42-12-11-41(16-36(42,4)5)25-8-6-7-21(40-25)33(49)52-34-28(45)26(43)27(44)30(51-34)32(47)48/h6-10,13-15,26-28,30,34,43-45H,11-12,16H2,1-5H3,(H,47,48)/t26?,27-,28-,30?,34-/m0/s1. The van der Waals surface area contributed by atoms with Crippen molar-refractivity contribution in [2.24, 2.45) is 0 Å². The maximum atomic E-state index is 14.3. The van der Waals surface area contributed by atoms with Crippen LogP contribution in [0.3, 0.4) is 0 Å². The van der Waals surface area contributed by atoms with Crippen LogP contribution in [0, 0.1) is 5.82 Å². The summed E-state index contributed by atoms with van der Waals surface area (Å²) in [6, 6.07) is 12.4. The highest BCUT2D eigenvalue weighted by Crippen LogP contribution is 2.36. The molecule has 0 spiro atoms. The number of rotatable bonds is 6. The largest absolute Gasteiger partial charge is 0.479 e. The van der Waals surface area contributed by atoms with E-state index >= 15 is 0 Å². The first kappa shape index (κ1) is 37.1. The normalized spacial score (nSPS) is 23.5. The van der Waals surface area contributed by atoms with Crippen molar-refractivity contribution in [3.05, 3.63) is 76.4 Å². The minimum atomic E-state index is -1.94. The molecule has 52 heavy (non-hydrogen) atoms. The van der Waals surface area contributed by atoms with Crippen LogP contribution in [0.1, 0.15) is 61.2 Å². The Morgan fingerprint density at radius 3 is 2.38 bits per heavy atom. The molecule has 2 aliphatic heterocycles. The second-order valence-corrected chi connectivity index (χ2v) is 14.9. The van der Waals surface area contributed by atoms with Crippen molar-refractivity contribution in [3.63, 3.8) is 0 Å². The molecule has 276 valence electrons. The summed E-state index contributed by atoms with van der Waals surface area (Å²) < 4.78 is 30.8. The van der Waals surface area contributed by atoms with Crippen LogP contribution in [0.2, 0.25) is 5.02 Å². The van der Waals surface area contributed by atoms with Gasteiger partial charge in [-0.15, -0.1) is 0 Å². The van der Waals surface area contributed by atoms with E-state index < -0.39 is 59.4 Å². The summed E-state index contributed by atoms with van der Waals surface area (Å²) in [6.07, 6.45) is -9.62. The van der Waals surface area contributed by atoms with Gasteiger partial charge in [-0.2, -0.15) is 0 Å². The maximum absolute atomic E-state index is 14.3. The molecule has 0 saturated carbocycles. The lowest BCUT2D eigenvalue weighted by Crippen LogP contribution is -2.61. The fourth-order valence-electron chi connectivity index (χ4n) is 6.38. The summed E-state index contributed by atoms with van der Waals surface area (Å²) in [6.45, 7) is 10.6. The molecule has 1 amide bonds. The molecule has 1 aromatic carbocycles. The number of carboxylic acids is 1. The number of aliphatic carboxylic acids is 1. The molecule has 5 heterocycles. The second kappa shape index (κ2) is 13.7. The Morgan fingerprint density at radius 2 is 1.73 bits per heavy atom. The number of ether oxygens (including phenoxy) is 2. The molecule has 16 heteroatoms. The van der Waals surface area contributed by atoms with Gasteiger partial charge >= 0.3 is 11.9 Å². The first-order chi connectivity index (χ1) is 24.4. The third kappa shape index (κ3) is 7.06. The number of halogens is 2. The van der Waals surface area contributed by atoms with Crippen LogP contribution in [-0.4, -0.2) is 109 Å². The molecule has 4 N–H and O–H groups in total. The van der Waals surface area contributed by atoms with Crippen LogP contribution in [0.25, 0.3) is 22.4 Å². The fourth-order valence-corrected chi connectivity index (χ4v) is 6.49. The van der Waals surface area contributed by atoms with E-state index in [0.29, 0.717) is 41.3 Å². The lowest BCUT2D eigenvalue weighted by molar-refractivity contribution is -0.278. The number of hydrogen-bond acceptors (Lipinski definition) is 12. The van der Waals surface area contributed by atoms with Crippen LogP contribution in [0.5, 0.6) is 0 Å². The molecule has 6 rings (SSSR count). The summed E-state index contributed by atoms with van der Waals surface area (Å²) in [5, 5.41) is 39.5. The Balaban J connectivity index is 1.20. The number of piperazine rings is 1. The van der Waals surface area contributed by atoms with Gasteiger partial charge in [0.15, 0.2) is 23.1 Å². The van der Waals surface area contributed by atoms with E-state index in [1.54, 1.807) is 29.2 Å². The monoisotopic (exact) mass is 740 g/mol. The third-order valence-corrected chi connectivity index (χ3v) is 9.47. The number of aliphatic hydroxyl groups excluding tert-OH is 3. The Labute approximate surface area is 302 Å². The molecule has 0 radical (unpaired) electrons. The summed E-state index contributed by atoms with van der Waals surface area (Å²) in [5.74, 6) is -3.14. The number of benzene rings is 1. The maximum Gasteiger partial charge on any atom is 0.359 e. The van der Waals surface area contributed by atoms with E-state index in [1.807, 2.05) is 45.6 Å². The quantitative estimate of drug-likeness (QED) is 0.209. The minimum Gasteiger partial charge on any atom is -0.479 e. The first-order valence-corrected chi connectivity index (χ1v) is 16.8. The van der Waals surface area contributed by atoms with E-state index in [-0.39, 0.29) is 28.9 Å². The number of nitrogens with zero attached hydrogens (tertiary/aromatic N) is 4. The highest BCUT2D eigenvalue weighted by Gasteiger charge is 2.49. The van der Waals surface area contributed by atoms with E-state index in [1.165, 1.54) is 18.2 Å². The second-order valence-electron chi connectivity index (χ2n) is 14.5. The number of carbonyl (C=O) groups is 3. The number of carboxylic acid groups (broad SMARTS) is 1. The van der Waals surface area contributed by atoms with Crippen molar-refractivity contribution in [3.8, 4) is 11.3 Å². The molecule has 2 fully saturated rings. The van der Waals surface area contributed by atoms with Gasteiger partial charge in [-0.3, -0.25) is 4.79 Å². The van der Waals surface area contributed by atoms with Crippen molar-refractivity contribution in [2.75, 3.05) is 24.5 Å². The van der Waals surface area contributed by atoms with Crippen LogP contribution in [0.15, 0.2) is 52.9 Å². The van der Waals surface area contributed by atoms with Gasteiger partial charge in [-0.25, -0.2) is 23.9 Å². The molecule has 14 nitrogen and oxygen atoms in total. The number of furan rings is 1. The lowest BCUT2D eigenvalue weighted by atomic mass is 9.86. The Kier molecular flexibility index (Phi) is 9.78. The average molecular weight is 741 g/mol. The predicted molar refractivity (Wildman–Crippen MR) is 184 cm³/mol. The zero-order valence-electron chi connectivity index (χ0n) is 28.9. The first-order valence-electron chi connectivity index (χ1n) is 16.4. The number of anilines is 1. The lowest BCUT2D eigenvalue weighted by Gasteiger charge is -2.47. The van der Waals surface area contributed by atoms with Gasteiger partial charge in [-0.1, -0.05) is 44.5 Å². The number of aromatic nitrogens is 2. The van der Waals surface area contributed by atoms with E-state index in [2.05, 4.69) is 4.98 Å². The average Bonchev–Trinajstić information content (AvgIpc) is 3.52. The molecule has 3 aromatic heterocycles. The molecule has 2 saturated heterocycles. The van der Waals surface area contributed by atoms with E-state index in [4.69, 9.17) is 30.5 Å². The van der Waals surface area contributed by atoms with Crippen LogP contribution in [0.4, 0.5) is 10.2 Å². The smallest absolute Gasteiger partial charge is 0.359 e. The van der Waals surface area contributed by atoms with Crippen LogP contribution >= 0.6 is 11.6 Å². The summed E-state index contributed by atoms with van der Waals surface area (Å²) in [7, 11) is 0. The SMILES string of the molecule is CC(C)(C)c1cc(-c2ccc(Cl)c(F)c2)nc2cc(C(=O)N3CCN(c4cccc(C(=O)O[C@@H]5OC(C(=O)O)[C@@H](O)C(O)[C@@H]5O)n4)CC3(C)C)oc12. The Morgan fingerprint density at radius 1 is 1.00 bits per heavy atom. The topological polar surface area (TPSA) is 196 Å². The van der Waals surface area contributed by atoms with Gasteiger partial charge in [0.25, 0.3) is 5.91 Å². The molecule has 2 aliphatic rings. The number of hydrogen-bond donors (Lipinski definition) is 4. The molecule has 0 bridgehead atoms. The molecule has 2 unspecified atom stereocenters. The number of fused-ring (bicyclic) bond motifs is 1. The predicted octanol–water partition coefficient (Wildman–Crippen LogP) is 3.77. The van der Waals surface area contributed by atoms with Crippen molar-refractivity contribution < 1.29 is 53.1 Å². The van der Waals surface area contributed by atoms with E-state index in [9.17, 15) is 39.2 Å². The van der Waals surface area contributed by atoms with Gasteiger partial charge in [0.2, 0.25) is 6.29 Å². The molecule has 4 aromatic rings. The van der Waals surface area contributed by atoms with Crippen LogP contribution < -0.4 is 4.90 Å². The molecule has 5 atom stereocenters. The van der Waals surface area contributed by atoms with Gasteiger partial charge < -0.3 is 44.1 Å². The molecular weight excluding hydrogens is 703 g/mol. The van der Waals surface area contributed by atoms with Crippen LogP contribution in [-0.2, 0) is 19.7 Å². The minimum absolute atomic E-state index is 0.00254. The number of pyridine rings is 2. The van der Waals surface area contributed by atoms with Gasteiger partial charge in [0.05, 0.1) is 16.3 Å². The summed E-state index contributed by atoms with van der Waals surface area (Å²) in [5.41, 5.74) is 1.35. The third-order valence-electron chi connectivity index (χ3n) is 9.16. The zero-order chi connectivity index (χ0) is 37.9. The van der Waals surface area contributed by atoms with Crippen molar-refractivity contribution in [2.45, 2.75) is 76.3 Å².